The fourth-order valence-electron chi connectivity index (χ4n) is 3.37. The summed E-state index contributed by atoms with van der Waals surface area (Å²) in [6.07, 6.45) is 3.30. The molecule has 0 unspecified atom stereocenters. The van der Waals surface area contributed by atoms with Gasteiger partial charge in [-0.1, -0.05) is 6.07 Å². The van der Waals surface area contributed by atoms with E-state index in [1.165, 1.54) is 6.26 Å². The molecule has 0 spiro atoms. The molecule has 3 rings (SSSR count). The van der Waals surface area contributed by atoms with Gasteiger partial charge in [0.05, 0.1) is 20.5 Å². The second-order valence-corrected chi connectivity index (χ2v) is 6.69. The number of methoxy groups -OCH3 is 2. The lowest BCUT2D eigenvalue weighted by atomic mass is 10.1. The van der Waals surface area contributed by atoms with Gasteiger partial charge in [-0.3, -0.25) is 9.59 Å². The zero-order valence-corrected chi connectivity index (χ0v) is 16.3. The predicted octanol–water partition coefficient (Wildman–Crippen LogP) is 2.60. The SMILES string of the molecule is COc1ccc(CCC(=O)N2CCCN(C(=O)c3ccco3)CC2)cc1OC. The van der Waals surface area contributed by atoms with E-state index < -0.39 is 0 Å². The van der Waals surface area contributed by atoms with Gasteiger partial charge in [-0.25, -0.2) is 0 Å². The van der Waals surface area contributed by atoms with Crippen LogP contribution in [0.4, 0.5) is 0 Å². The summed E-state index contributed by atoms with van der Waals surface area (Å²) in [5.74, 6) is 1.65. The average Bonchev–Trinajstić information content (AvgIpc) is 3.15. The summed E-state index contributed by atoms with van der Waals surface area (Å²) >= 11 is 0. The van der Waals surface area contributed by atoms with Crippen LogP contribution in [0.5, 0.6) is 11.5 Å². The molecule has 0 radical (unpaired) electrons. The number of amides is 2. The molecule has 150 valence electrons. The van der Waals surface area contributed by atoms with Crippen LogP contribution in [0.3, 0.4) is 0 Å². The summed E-state index contributed by atoms with van der Waals surface area (Å²) in [4.78, 5) is 28.7. The highest BCUT2D eigenvalue weighted by Crippen LogP contribution is 2.28. The van der Waals surface area contributed by atoms with Gasteiger partial charge in [-0.15, -0.1) is 0 Å². The Morgan fingerprint density at radius 3 is 2.46 bits per heavy atom. The zero-order valence-electron chi connectivity index (χ0n) is 16.3. The normalized spacial score (nSPS) is 14.5. The van der Waals surface area contributed by atoms with E-state index in [-0.39, 0.29) is 11.8 Å². The van der Waals surface area contributed by atoms with Gasteiger partial charge in [0.25, 0.3) is 5.91 Å². The van der Waals surface area contributed by atoms with E-state index in [1.807, 2.05) is 23.1 Å². The van der Waals surface area contributed by atoms with E-state index in [9.17, 15) is 9.59 Å². The summed E-state index contributed by atoms with van der Waals surface area (Å²) in [7, 11) is 3.19. The molecule has 0 aliphatic carbocycles. The molecule has 0 N–H and O–H groups in total. The highest BCUT2D eigenvalue weighted by Gasteiger charge is 2.24. The first-order valence-corrected chi connectivity index (χ1v) is 9.44. The first kappa shape index (κ1) is 19.8. The Kier molecular flexibility index (Phi) is 6.57. The van der Waals surface area contributed by atoms with E-state index in [0.717, 1.165) is 12.0 Å². The molecule has 0 atom stereocenters. The fraction of sp³-hybridized carbons (Fsp3) is 0.429. The first-order valence-electron chi connectivity index (χ1n) is 9.44. The van der Waals surface area contributed by atoms with Crippen LogP contribution < -0.4 is 9.47 Å². The van der Waals surface area contributed by atoms with Crippen LogP contribution in [0.25, 0.3) is 0 Å². The maximum Gasteiger partial charge on any atom is 0.289 e. The van der Waals surface area contributed by atoms with Crippen molar-refractivity contribution in [2.75, 3.05) is 40.4 Å². The summed E-state index contributed by atoms with van der Waals surface area (Å²) in [6.45, 7) is 2.34. The van der Waals surface area contributed by atoms with Gasteiger partial charge in [0, 0.05) is 32.6 Å². The Balaban J connectivity index is 1.53. The predicted molar refractivity (Wildman–Crippen MR) is 104 cm³/mol. The van der Waals surface area contributed by atoms with E-state index in [0.29, 0.717) is 56.3 Å². The number of carbonyl (C=O) groups excluding carboxylic acids is 2. The molecule has 1 saturated heterocycles. The highest BCUT2D eigenvalue weighted by atomic mass is 16.5. The Hall–Kier alpha value is -2.96. The van der Waals surface area contributed by atoms with Gasteiger partial charge in [-0.05, 0) is 42.7 Å². The molecular formula is C21H26N2O5. The lowest BCUT2D eigenvalue weighted by Crippen LogP contribution is -2.37. The second kappa shape index (κ2) is 9.30. The van der Waals surface area contributed by atoms with Crippen molar-refractivity contribution in [2.24, 2.45) is 0 Å². The number of benzene rings is 1. The highest BCUT2D eigenvalue weighted by molar-refractivity contribution is 5.91. The molecule has 1 aromatic carbocycles. The number of furan rings is 1. The molecule has 2 amide bonds. The first-order chi connectivity index (χ1) is 13.6. The maximum absolute atomic E-state index is 12.7. The minimum absolute atomic E-state index is 0.0992. The topological polar surface area (TPSA) is 72.2 Å². The van der Waals surface area contributed by atoms with Crippen molar-refractivity contribution in [1.29, 1.82) is 0 Å². The molecule has 2 heterocycles. The Labute approximate surface area is 164 Å². The number of carbonyl (C=O) groups is 2. The third-order valence-corrected chi connectivity index (χ3v) is 4.94. The molecule has 1 fully saturated rings. The fourth-order valence-corrected chi connectivity index (χ4v) is 3.37. The largest absolute Gasteiger partial charge is 0.493 e. The molecule has 7 nitrogen and oxygen atoms in total. The van der Waals surface area contributed by atoms with Gasteiger partial charge in [-0.2, -0.15) is 0 Å². The number of aryl methyl sites for hydroxylation is 1. The molecule has 1 aliphatic rings. The Morgan fingerprint density at radius 2 is 1.75 bits per heavy atom. The van der Waals surface area contributed by atoms with Crippen LogP contribution in [0, 0.1) is 0 Å². The van der Waals surface area contributed by atoms with Gasteiger partial charge < -0.3 is 23.7 Å². The van der Waals surface area contributed by atoms with Gasteiger partial charge >= 0.3 is 0 Å². The summed E-state index contributed by atoms with van der Waals surface area (Å²) in [6, 6.07) is 9.07. The molecule has 0 saturated carbocycles. The van der Waals surface area contributed by atoms with Crippen molar-refractivity contribution in [3.63, 3.8) is 0 Å². The number of hydrogen-bond donors (Lipinski definition) is 0. The van der Waals surface area contributed by atoms with Crippen LogP contribution in [-0.2, 0) is 11.2 Å². The third kappa shape index (κ3) is 4.65. The van der Waals surface area contributed by atoms with Crippen molar-refractivity contribution < 1.29 is 23.5 Å². The monoisotopic (exact) mass is 386 g/mol. The van der Waals surface area contributed by atoms with Crippen molar-refractivity contribution in [2.45, 2.75) is 19.3 Å². The summed E-state index contributed by atoms with van der Waals surface area (Å²) in [5, 5.41) is 0. The van der Waals surface area contributed by atoms with Crippen LogP contribution in [-0.4, -0.2) is 62.0 Å². The zero-order chi connectivity index (χ0) is 19.9. The quantitative estimate of drug-likeness (QED) is 0.763. The Bertz CT molecular complexity index is 803. The van der Waals surface area contributed by atoms with Crippen molar-refractivity contribution in [1.82, 2.24) is 9.80 Å². The lowest BCUT2D eigenvalue weighted by Gasteiger charge is -2.21. The average molecular weight is 386 g/mol. The van der Waals surface area contributed by atoms with E-state index >= 15 is 0 Å². The van der Waals surface area contributed by atoms with Crippen molar-refractivity contribution in [3.8, 4) is 11.5 Å². The molecule has 28 heavy (non-hydrogen) atoms. The number of rotatable bonds is 6. The van der Waals surface area contributed by atoms with Crippen LogP contribution in [0.1, 0.15) is 29.0 Å². The molecule has 1 aliphatic heterocycles. The Morgan fingerprint density at radius 1 is 1.00 bits per heavy atom. The summed E-state index contributed by atoms with van der Waals surface area (Å²) < 4.78 is 15.8. The maximum atomic E-state index is 12.7. The molecule has 1 aromatic heterocycles. The lowest BCUT2D eigenvalue weighted by molar-refractivity contribution is -0.131. The summed E-state index contributed by atoms with van der Waals surface area (Å²) in [5.41, 5.74) is 1.02. The smallest absolute Gasteiger partial charge is 0.289 e. The van der Waals surface area contributed by atoms with E-state index in [4.69, 9.17) is 13.9 Å². The van der Waals surface area contributed by atoms with E-state index in [1.54, 1.807) is 31.3 Å². The standard InChI is InChI=1S/C21H26N2O5/c1-26-17-8-6-16(15-19(17)27-2)7-9-20(24)22-10-4-11-23(13-12-22)21(25)18-5-3-14-28-18/h3,5-6,8,14-15H,4,7,9-13H2,1-2H3. The molecule has 0 bridgehead atoms. The van der Waals surface area contributed by atoms with Crippen LogP contribution >= 0.6 is 0 Å². The van der Waals surface area contributed by atoms with Gasteiger partial charge in [0.1, 0.15) is 0 Å². The van der Waals surface area contributed by atoms with E-state index in [2.05, 4.69) is 0 Å². The molecular weight excluding hydrogens is 360 g/mol. The second-order valence-electron chi connectivity index (χ2n) is 6.69. The molecule has 2 aromatic rings. The van der Waals surface area contributed by atoms with Gasteiger partial charge in [0.2, 0.25) is 5.91 Å². The van der Waals surface area contributed by atoms with Crippen molar-refractivity contribution >= 4 is 11.8 Å². The van der Waals surface area contributed by atoms with Crippen molar-refractivity contribution in [3.05, 3.63) is 47.9 Å². The van der Waals surface area contributed by atoms with Gasteiger partial charge in [0.15, 0.2) is 17.3 Å². The number of hydrogen-bond acceptors (Lipinski definition) is 5. The number of ether oxygens (including phenoxy) is 2. The van der Waals surface area contributed by atoms with Crippen LogP contribution in [0.15, 0.2) is 41.0 Å². The molecule has 7 heteroatoms. The minimum atomic E-state index is -0.121. The van der Waals surface area contributed by atoms with Crippen LogP contribution in [0.2, 0.25) is 0 Å². The number of nitrogens with zero attached hydrogens (tertiary/aromatic N) is 2. The minimum Gasteiger partial charge on any atom is -0.493 e. The third-order valence-electron chi connectivity index (χ3n) is 4.94.